The number of benzene rings is 4. The van der Waals surface area contributed by atoms with Crippen molar-refractivity contribution in [3.05, 3.63) is 130 Å². The van der Waals surface area contributed by atoms with Crippen LogP contribution in [0.2, 0.25) is 5.02 Å². The van der Waals surface area contributed by atoms with E-state index in [1.807, 2.05) is 13.0 Å². The van der Waals surface area contributed by atoms with E-state index in [0.717, 1.165) is 10.5 Å². The van der Waals surface area contributed by atoms with Crippen LogP contribution in [0.25, 0.3) is 6.08 Å². The van der Waals surface area contributed by atoms with Gasteiger partial charge in [-0.1, -0.05) is 61.0 Å². The molecule has 0 aliphatic carbocycles. The number of halogens is 1. The number of hydrogen-bond acceptors (Lipinski definition) is 5. The van der Waals surface area contributed by atoms with Crippen molar-refractivity contribution in [3.8, 4) is 0 Å². The fourth-order valence-electron chi connectivity index (χ4n) is 4.14. The molecule has 0 aliphatic heterocycles. The number of rotatable bonds is 11. The Bertz CT molecular complexity index is 1730. The fraction of sp³-hybridized carbons (Fsp3) is 0.118. The number of carbonyl (C=O) groups excluding carboxylic acids is 3. The first-order valence-electron chi connectivity index (χ1n) is 13.7. The molecule has 0 aliphatic rings. The van der Waals surface area contributed by atoms with Gasteiger partial charge in [0.25, 0.3) is 11.8 Å². The Morgan fingerprint density at radius 2 is 1.61 bits per heavy atom. The van der Waals surface area contributed by atoms with Gasteiger partial charge in [0.15, 0.2) is 0 Å². The van der Waals surface area contributed by atoms with Crippen LogP contribution in [0.4, 0.5) is 11.4 Å². The van der Waals surface area contributed by atoms with Crippen LogP contribution in [0.3, 0.4) is 0 Å². The maximum Gasteiger partial charge on any atom is 0.335 e. The first-order chi connectivity index (χ1) is 21.1. The summed E-state index contributed by atoms with van der Waals surface area (Å²) in [4.78, 5) is 51.6. The molecule has 4 aromatic rings. The number of aryl methyl sites for hydroxylation is 1. The van der Waals surface area contributed by atoms with Gasteiger partial charge in [0, 0.05) is 26.9 Å². The molecule has 0 saturated heterocycles. The molecule has 224 valence electrons. The number of carboxylic acids is 1. The second-order valence-corrected chi connectivity index (χ2v) is 11.5. The lowest BCUT2D eigenvalue weighted by Gasteiger charge is -2.17. The number of anilines is 2. The lowest BCUT2D eigenvalue weighted by molar-refractivity contribution is -0.116. The quantitative estimate of drug-likeness (QED) is 0.102. The molecule has 0 aromatic heterocycles. The van der Waals surface area contributed by atoms with Gasteiger partial charge in [-0.15, -0.1) is 11.8 Å². The molecule has 0 spiro atoms. The second-order valence-electron chi connectivity index (χ2n) is 9.75. The highest BCUT2D eigenvalue weighted by Gasteiger charge is 2.20. The van der Waals surface area contributed by atoms with Crippen LogP contribution in [-0.2, 0) is 9.59 Å². The van der Waals surface area contributed by atoms with Crippen molar-refractivity contribution in [3.63, 3.8) is 0 Å². The molecule has 0 bridgehead atoms. The van der Waals surface area contributed by atoms with E-state index >= 15 is 0 Å². The standard InChI is InChI=1S/C34H30ClN3O5S/c1-3-30(33(41)37-28-19-24(34(42)43)16-15-21(28)2)44-27-14-8-13-26(20-27)36-32(40)29(18-22-9-7-12-25(35)17-22)38-31(39)23-10-5-4-6-11-23/h4-20,30H,3H2,1-2H3,(H,36,40)(H,37,41)(H,38,39)(H,42,43)/b29-18-. The molecule has 0 radical (unpaired) electrons. The Labute approximate surface area is 264 Å². The number of hydrogen-bond donors (Lipinski definition) is 4. The van der Waals surface area contributed by atoms with Crippen LogP contribution >= 0.6 is 23.4 Å². The number of nitrogens with one attached hydrogen (secondary N) is 3. The molecule has 4 rings (SSSR count). The zero-order valence-corrected chi connectivity index (χ0v) is 25.5. The summed E-state index contributed by atoms with van der Waals surface area (Å²) in [5, 5.41) is 17.7. The van der Waals surface area contributed by atoms with Gasteiger partial charge in [-0.3, -0.25) is 14.4 Å². The Kier molecular flexibility index (Phi) is 11.0. The van der Waals surface area contributed by atoms with Gasteiger partial charge in [0.05, 0.1) is 10.8 Å². The minimum Gasteiger partial charge on any atom is -0.478 e. The summed E-state index contributed by atoms with van der Waals surface area (Å²) in [7, 11) is 0. The van der Waals surface area contributed by atoms with E-state index < -0.39 is 23.0 Å². The molecular weight excluding hydrogens is 598 g/mol. The molecule has 1 unspecified atom stereocenters. The zero-order chi connectivity index (χ0) is 31.6. The first kappa shape index (κ1) is 32.1. The predicted octanol–water partition coefficient (Wildman–Crippen LogP) is 7.27. The first-order valence-corrected chi connectivity index (χ1v) is 14.9. The second kappa shape index (κ2) is 15.0. The fourth-order valence-corrected chi connectivity index (χ4v) is 5.35. The Morgan fingerprint density at radius 3 is 2.32 bits per heavy atom. The number of amides is 3. The highest BCUT2D eigenvalue weighted by Crippen LogP contribution is 2.29. The maximum atomic E-state index is 13.4. The van der Waals surface area contributed by atoms with E-state index in [2.05, 4.69) is 16.0 Å². The summed E-state index contributed by atoms with van der Waals surface area (Å²) in [6, 6.07) is 27.1. The third-order valence-electron chi connectivity index (χ3n) is 6.46. The van der Waals surface area contributed by atoms with Crippen LogP contribution in [-0.4, -0.2) is 34.0 Å². The van der Waals surface area contributed by atoms with E-state index in [9.17, 15) is 24.3 Å². The van der Waals surface area contributed by atoms with Crippen molar-refractivity contribution < 1.29 is 24.3 Å². The average molecular weight is 628 g/mol. The molecule has 8 nitrogen and oxygen atoms in total. The molecule has 4 N–H and O–H groups in total. The molecule has 3 amide bonds. The maximum absolute atomic E-state index is 13.4. The van der Waals surface area contributed by atoms with E-state index in [1.54, 1.807) is 91.9 Å². The summed E-state index contributed by atoms with van der Waals surface area (Å²) in [6.07, 6.45) is 2.04. The van der Waals surface area contributed by atoms with E-state index in [1.165, 1.54) is 23.9 Å². The van der Waals surface area contributed by atoms with Crippen molar-refractivity contribution in [2.75, 3.05) is 10.6 Å². The minimum atomic E-state index is -1.08. The predicted molar refractivity (Wildman–Crippen MR) is 175 cm³/mol. The van der Waals surface area contributed by atoms with Crippen molar-refractivity contribution in [1.29, 1.82) is 0 Å². The van der Waals surface area contributed by atoms with Crippen LogP contribution in [0.5, 0.6) is 0 Å². The van der Waals surface area contributed by atoms with Crippen LogP contribution in [0.1, 0.15) is 45.2 Å². The number of carbonyl (C=O) groups is 4. The molecule has 1 atom stereocenters. The van der Waals surface area contributed by atoms with Gasteiger partial charge in [-0.25, -0.2) is 4.79 Å². The van der Waals surface area contributed by atoms with Crippen LogP contribution in [0, 0.1) is 6.92 Å². The summed E-state index contributed by atoms with van der Waals surface area (Å²) >= 11 is 7.45. The highest BCUT2D eigenvalue weighted by atomic mass is 35.5. The van der Waals surface area contributed by atoms with E-state index in [0.29, 0.717) is 33.9 Å². The van der Waals surface area contributed by atoms with E-state index in [-0.39, 0.29) is 17.2 Å². The van der Waals surface area contributed by atoms with Crippen molar-refractivity contribution in [1.82, 2.24) is 5.32 Å². The van der Waals surface area contributed by atoms with Crippen molar-refractivity contribution >= 4 is 64.5 Å². The largest absolute Gasteiger partial charge is 0.478 e. The van der Waals surface area contributed by atoms with Gasteiger partial charge in [-0.2, -0.15) is 0 Å². The van der Waals surface area contributed by atoms with Gasteiger partial charge in [0.1, 0.15) is 5.70 Å². The molecule has 0 fully saturated rings. The summed E-state index contributed by atoms with van der Waals surface area (Å²) in [5.41, 5.74) is 2.76. The smallest absolute Gasteiger partial charge is 0.335 e. The third-order valence-corrected chi connectivity index (χ3v) is 8.06. The minimum absolute atomic E-state index is 0.0175. The Morgan fingerprint density at radius 1 is 0.864 bits per heavy atom. The number of carboxylic acid groups (broad SMARTS) is 1. The van der Waals surface area contributed by atoms with Crippen LogP contribution in [0.15, 0.2) is 108 Å². The SMILES string of the molecule is CCC(Sc1cccc(NC(=O)/C(=C/c2cccc(Cl)c2)NC(=O)c2ccccc2)c1)C(=O)Nc1cc(C(=O)O)ccc1C. The summed E-state index contributed by atoms with van der Waals surface area (Å²) in [6.45, 7) is 3.67. The van der Waals surface area contributed by atoms with Gasteiger partial charge < -0.3 is 21.1 Å². The summed E-state index contributed by atoms with van der Waals surface area (Å²) in [5.74, 6) is -2.34. The molecule has 0 saturated carbocycles. The average Bonchev–Trinajstić information content (AvgIpc) is 3.01. The number of thioether (sulfide) groups is 1. The number of aromatic carboxylic acids is 1. The molecule has 10 heteroatoms. The topological polar surface area (TPSA) is 125 Å². The molecule has 0 heterocycles. The van der Waals surface area contributed by atoms with Gasteiger partial charge in [0.2, 0.25) is 5.91 Å². The van der Waals surface area contributed by atoms with Gasteiger partial charge >= 0.3 is 5.97 Å². The van der Waals surface area contributed by atoms with Gasteiger partial charge in [-0.05, 0) is 85.1 Å². The third kappa shape index (κ3) is 8.82. The summed E-state index contributed by atoms with van der Waals surface area (Å²) < 4.78 is 0. The zero-order valence-electron chi connectivity index (χ0n) is 24.0. The highest BCUT2D eigenvalue weighted by molar-refractivity contribution is 8.00. The molecular formula is C34H30ClN3O5S. The van der Waals surface area contributed by atoms with Crippen molar-refractivity contribution in [2.24, 2.45) is 0 Å². The Hall–Kier alpha value is -4.86. The van der Waals surface area contributed by atoms with Crippen LogP contribution < -0.4 is 16.0 Å². The normalized spacial score (nSPS) is 11.8. The lowest BCUT2D eigenvalue weighted by Crippen LogP contribution is -2.30. The lowest BCUT2D eigenvalue weighted by atomic mass is 10.1. The Balaban J connectivity index is 1.50. The van der Waals surface area contributed by atoms with E-state index in [4.69, 9.17) is 11.6 Å². The monoisotopic (exact) mass is 627 g/mol. The molecule has 44 heavy (non-hydrogen) atoms. The molecule has 4 aromatic carbocycles. The van der Waals surface area contributed by atoms with Crippen molar-refractivity contribution in [2.45, 2.75) is 30.4 Å².